The van der Waals surface area contributed by atoms with Gasteiger partial charge in [-0.1, -0.05) is 43.6 Å². The summed E-state index contributed by atoms with van der Waals surface area (Å²) in [4.78, 5) is 12.0. The van der Waals surface area contributed by atoms with Gasteiger partial charge in [0, 0.05) is 6.08 Å². The Morgan fingerprint density at radius 3 is 2.64 bits per heavy atom. The maximum atomic E-state index is 12.0. The highest BCUT2D eigenvalue weighted by Crippen LogP contribution is 2.29. The van der Waals surface area contributed by atoms with Crippen LogP contribution in [0.5, 0.6) is 11.5 Å². The molecule has 0 aliphatic heterocycles. The molecule has 2 aromatic rings. The first-order valence-electron chi connectivity index (χ1n) is 8.04. The molecule has 2 aromatic carbocycles. The molecule has 0 unspecified atom stereocenters. The molecule has 0 heterocycles. The molecule has 0 radical (unpaired) electrons. The van der Waals surface area contributed by atoms with E-state index in [0.29, 0.717) is 34.7 Å². The fraction of sp³-hybridized carbons (Fsp3) is 0.250. The minimum absolute atomic E-state index is 0.257. The summed E-state index contributed by atoms with van der Waals surface area (Å²) in [5.41, 5.74) is 1.41. The number of carbonyl (C=O) groups excluding carboxylic acids is 1. The molecule has 4 nitrogen and oxygen atoms in total. The SMILES string of the molecule is COc1cc(/C=C/C(=O)Nc2ccccc2Cl)ccc1OCC(C)C. The molecular formula is C20H22ClNO3. The monoisotopic (exact) mass is 359 g/mol. The zero-order valence-electron chi connectivity index (χ0n) is 14.6. The van der Waals surface area contributed by atoms with Gasteiger partial charge in [0.05, 0.1) is 24.4 Å². The molecular weight excluding hydrogens is 338 g/mol. The maximum Gasteiger partial charge on any atom is 0.248 e. The van der Waals surface area contributed by atoms with Crippen LogP contribution in [0.1, 0.15) is 19.4 Å². The molecule has 1 N–H and O–H groups in total. The van der Waals surface area contributed by atoms with Crippen molar-refractivity contribution in [3.63, 3.8) is 0 Å². The third-order valence-corrected chi connectivity index (χ3v) is 3.65. The molecule has 25 heavy (non-hydrogen) atoms. The van der Waals surface area contributed by atoms with E-state index in [1.807, 2.05) is 30.3 Å². The van der Waals surface area contributed by atoms with Crippen molar-refractivity contribution in [1.29, 1.82) is 0 Å². The largest absolute Gasteiger partial charge is 0.493 e. The van der Waals surface area contributed by atoms with Crippen LogP contribution < -0.4 is 14.8 Å². The number of halogens is 1. The van der Waals surface area contributed by atoms with Gasteiger partial charge in [-0.3, -0.25) is 4.79 Å². The fourth-order valence-corrected chi connectivity index (χ4v) is 2.26. The number of carbonyl (C=O) groups is 1. The highest BCUT2D eigenvalue weighted by molar-refractivity contribution is 6.33. The predicted molar refractivity (Wildman–Crippen MR) is 102 cm³/mol. The number of ether oxygens (including phenoxy) is 2. The van der Waals surface area contributed by atoms with Gasteiger partial charge in [0.25, 0.3) is 0 Å². The van der Waals surface area contributed by atoms with E-state index in [1.165, 1.54) is 6.08 Å². The Hall–Kier alpha value is -2.46. The summed E-state index contributed by atoms with van der Waals surface area (Å²) in [6.07, 6.45) is 3.16. The molecule has 0 aromatic heterocycles. The molecule has 0 fully saturated rings. The van der Waals surface area contributed by atoms with Gasteiger partial charge in [-0.05, 0) is 41.8 Å². The smallest absolute Gasteiger partial charge is 0.248 e. The molecule has 0 aliphatic carbocycles. The molecule has 0 bridgehead atoms. The van der Waals surface area contributed by atoms with Gasteiger partial charge < -0.3 is 14.8 Å². The number of benzene rings is 2. The van der Waals surface area contributed by atoms with Crippen molar-refractivity contribution in [3.05, 3.63) is 59.1 Å². The van der Waals surface area contributed by atoms with Crippen LogP contribution >= 0.6 is 11.6 Å². The summed E-state index contributed by atoms with van der Waals surface area (Å²) >= 11 is 6.03. The second-order valence-electron chi connectivity index (χ2n) is 5.92. The van der Waals surface area contributed by atoms with Gasteiger partial charge in [-0.15, -0.1) is 0 Å². The predicted octanol–water partition coefficient (Wildman–Crippen LogP) is 5.04. The van der Waals surface area contributed by atoms with E-state index < -0.39 is 0 Å². The van der Waals surface area contributed by atoms with Crippen molar-refractivity contribution in [2.45, 2.75) is 13.8 Å². The number of hydrogen-bond donors (Lipinski definition) is 1. The lowest BCUT2D eigenvalue weighted by atomic mass is 10.2. The van der Waals surface area contributed by atoms with Crippen LogP contribution in [-0.4, -0.2) is 19.6 Å². The minimum Gasteiger partial charge on any atom is -0.493 e. The van der Waals surface area contributed by atoms with E-state index in [0.717, 1.165) is 5.56 Å². The van der Waals surface area contributed by atoms with E-state index in [4.69, 9.17) is 21.1 Å². The number of hydrogen-bond acceptors (Lipinski definition) is 3. The standard InChI is InChI=1S/C20H22ClNO3/c1-14(2)13-25-18-10-8-15(12-19(18)24-3)9-11-20(23)22-17-7-5-4-6-16(17)21/h4-12,14H,13H2,1-3H3,(H,22,23)/b11-9+. The Bertz CT molecular complexity index is 756. The lowest BCUT2D eigenvalue weighted by Crippen LogP contribution is -2.08. The summed E-state index contributed by atoms with van der Waals surface area (Å²) in [7, 11) is 1.59. The van der Waals surface area contributed by atoms with Crippen LogP contribution in [0, 0.1) is 5.92 Å². The molecule has 5 heteroatoms. The van der Waals surface area contributed by atoms with Crippen molar-refractivity contribution >= 4 is 29.3 Å². The Kier molecular flexibility index (Phi) is 6.90. The zero-order chi connectivity index (χ0) is 18.2. The summed E-state index contributed by atoms with van der Waals surface area (Å²) in [5.74, 6) is 1.49. The average molecular weight is 360 g/mol. The van der Waals surface area contributed by atoms with Gasteiger partial charge >= 0.3 is 0 Å². The fourth-order valence-electron chi connectivity index (χ4n) is 2.07. The number of amides is 1. The van der Waals surface area contributed by atoms with Crippen LogP contribution in [0.2, 0.25) is 5.02 Å². The molecule has 2 rings (SSSR count). The molecule has 132 valence electrons. The molecule has 0 saturated heterocycles. The quantitative estimate of drug-likeness (QED) is 0.705. The van der Waals surface area contributed by atoms with Gasteiger partial charge in [-0.25, -0.2) is 0 Å². The van der Waals surface area contributed by atoms with E-state index in [1.54, 1.807) is 25.3 Å². The Labute approximate surface area is 153 Å². The van der Waals surface area contributed by atoms with Crippen LogP contribution in [0.4, 0.5) is 5.69 Å². The first-order chi connectivity index (χ1) is 12.0. The molecule has 0 saturated carbocycles. The zero-order valence-corrected chi connectivity index (χ0v) is 15.3. The van der Waals surface area contributed by atoms with Gasteiger partial charge in [-0.2, -0.15) is 0 Å². The first-order valence-corrected chi connectivity index (χ1v) is 8.42. The third-order valence-electron chi connectivity index (χ3n) is 3.32. The van der Waals surface area contributed by atoms with E-state index >= 15 is 0 Å². The molecule has 0 atom stereocenters. The van der Waals surface area contributed by atoms with Gasteiger partial charge in [0.1, 0.15) is 0 Å². The number of nitrogens with one attached hydrogen (secondary N) is 1. The second-order valence-corrected chi connectivity index (χ2v) is 6.32. The summed E-state index contributed by atoms with van der Waals surface area (Å²) in [6, 6.07) is 12.6. The number of para-hydroxylation sites is 1. The summed E-state index contributed by atoms with van der Waals surface area (Å²) in [5, 5.41) is 3.24. The first kappa shape index (κ1) is 18.9. The normalized spacial score (nSPS) is 10.9. The topological polar surface area (TPSA) is 47.6 Å². The molecule has 0 aliphatic rings. The lowest BCUT2D eigenvalue weighted by Gasteiger charge is -2.12. The molecule has 0 spiro atoms. The van der Waals surface area contributed by atoms with Crippen molar-refractivity contribution < 1.29 is 14.3 Å². The van der Waals surface area contributed by atoms with Crippen LogP contribution in [-0.2, 0) is 4.79 Å². The Balaban J connectivity index is 2.05. The number of anilines is 1. The minimum atomic E-state index is -0.257. The van der Waals surface area contributed by atoms with Gasteiger partial charge in [0.15, 0.2) is 11.5 Å². The van der Waals surface area contributed by atoms with E-state index in [9.17, 15) is 4.79 Å². The Morgan fingerprint density at radius 2 is 1.96 bits per heavy atom. The van der Waals surface area contributed by atoms with Crippen LogP contribution in [0.25, 0.3) is 6.08 Å². The van der Waals surface area contributed by atoms with E-state index in [2.05, 4.69) is 19.2 Å². The van der Waals surface area contributed by atoms with E-state index in [-0.39, 0.29) is 5.91 Å². The van der Waals surface area contributed by atoms with Crippen LogP contribution in [0.3, 0.4) is 0 Å². The number of methoxy groups -OCH3 is 1. The van der Waals surface area contributed by atoms with Crippen molar-refractivity contribution in [2.75, 3.05) is 19.0 Å². The second kappa shape index (κ2) is 9.14. The van der Waals surface area contributed by atoms with Crippen molar-refractivity contribution in [1.82, 2.24) is 0 Å². The number of rotatable bonds is 7. The Morgan fingerprint density at radius 1 is 1.20 bits per heavy atom. The summed E-state index contributed by atoms with van der Waals surface area (Å²) < 4.78 is 11.1. The molecule has 1 amide bonds. The van der Waals surface area contributed by atoms with Crippen LogP contribution in [0.15, 0.2) is 48.5 Å². The third kappa shape index (κ3) is 5.84. The highest BCUT2D eigenvalue weighted by atomic mass is 35.5. The van der Waals surface area contributed by atoms with Gasteiger partial charge in [0.2, 0.25) is 5.91 Å². The lowest BCUT2D eigenvalue weighted by molar-refractivity contribution is -0.111. The van der Waals surface area contributed by atoms with Crippen molar-refractivity contribution in [2.24, 2.45) is 5.92 Å². The summed E-state index contributed by atoms with van der Waals surface area (Å²) in [6.45, 7) is 4.79. The average Bonchev–Trinajstić information content (AvgIpc) is 2.60. The van der Waals surface area contributed by atoms with Crippen molar-refractivity contribution in [3.8, 4) is 11.5 Å². The highest BCUT2D eigenvalue weighted by Gasteiger charge is 2.06. The maximum absolute atomic E-state index is 12.0.